The molecule has 98 valence electrons. The third-order valence-corrected chi connectivity index (χ3v) is 2.74. The van der Waals surface area contributed by atoms with Gasteiger partial charge in [-0.15, -0.1) is 0 Å². The number of hydrogen-bond donors (Lipinski definition) is 1. The second-order valence-corrected chi connectivity index (χ2v) is 4.07. The van der Waals surface area contributed by atoms with Crippen LogP contribution in [0.4, 0.5) is 0 Å². The molecule has 0 unspecified atom stereocenters. The Bertz CT molecular complexity index is 441. The van der Waals surface area contributed by atoms with Crippen LogP contribution >= 0.6 is 0 Å². The minimum Gasteiger partial charge on any atom is -0.497 e. The van der Waals surface area contributed by atoms with Crippen LogP contribution in [0.1, 0.15) is 18.1 Å². The average molecular weight is 249 g/mol. The Hall–Kier alpha value is -1.81. The summed E-state index contributed by atoms with van der Waals surface area (Å²) in [6, 6.07) is 5.64. The van der Waals surface area contributed by atoms with Gasteiger partial charge >= 0.3 is 5.97 Å². The normalized spacial score (nSPS) is 11.1. The van der Waals surface area contributed by atoms with E-state index in [-0.39, 0.29) is 0 Å². The van der Waals surface area contributed by atoms with Gasteiger partial charge in [-0.25, -0.2) is 4.79 Å². The molecule has 0 aliphatic rings. The first kappa shape index (κ1) is 14.3. The lowest BCUT2D eigenvalue weighted by Crippen LogP contribution is -2.17. The first-order valence-electron chi connectivity index (χ1n) is 5.83. The molecule has 0 aliphatic carbocycles. The van der Waals surface area contributed by atoms with E-state index in [1.54, 1.807) is 13.2 Å². The van der Waals surface area contributed by atoms with E-state index in [0.29, 0.717) is 0 Å². The highest BCUT2D eigenvalue weighted by molar-refractivity contribution is 5.85. The Morgan fingerprint density at radius 3 is 2.78 bits per heavy atom. The molecule has 0 amide bonds. The van der Waals surface area contributed by atoms with E-state index in [0.717, 1.165) is 36.0 Å². The van der Waals surface area contributed by atoms with Gasteiger partial charge in [0.1, 0.15) is 5.75 Å². The quantitative estimate of drug-likeness (QED) is 0.786. The van der Waals surface area contributed by atoms with Gasteiger partial charge in [0, 0.05) is 12.6 Å². The van der Waals surface area contributed by atoms with Gasteiger partial charge in [0.25, 0.3) is 0 Å². The summed E-state index contributed by atoms with van der Waals surface area (Å²) >= 11 is 0. The molecule has 0 aromatic heterocycles. The fourth-order valence-electron chi connectivity index (χ4n) is 1.57. The first-order valence-corrected chi connectivity index (χ1v) is 5.83. The van der Waals surface area contributed by atoms with Crippen molar-refractivity contribution >= 4 is 12.0 Å². The molecule has 0 radical (unpaired) electrons. The Morgan fingerprint density at radius 1 is 1.50 bits per heavy atom. The van der Waals surface area contributed by atoms with Crippen molar-refractivity contribution < 1.29 is 14.6 Å². The fourth-order valence-corrected chi connectivity index (χ4v) is 1.57. The zero-order valence-electron chi connectivity index (χ0n) is 11.0. The topological polar surface area (TPSA) is 49.8 Å². The van der Waals surface area contributed by atoms with E-state index < -0.39 is 5.97 Å². The summed E-state index contributed by atoms with van der Waals surface area (Å²) in [4.78, 5) is 12.7. The second-order valence-electron chi connectivity index (χ2n) is 4.07. The number of rotatable bonds is 6. The number of nitrogens with zero attached hydrogens (tertiary/aromatic N) is 1. The molecule has 0 fully saturated rings. The molecule has 1 aromatic rings. The standard InChI is InChI=1S/C14H19NO3/c1-4-15(2)10-12-9-13(18-3)7-5-11(12)6-8-14(16)17/h5-9H,4,10H2,1-3H3,(H,16,17). The SMILES string of the molecule is CCN(C)Cc1cc(OC)ccc1C=CC(=O)O. The van der Waals surface area contributed by atoms with Gasteiger partial charge in [0.2, 0.25) is 0 Å². The van der Waals surface area contributed by atoms with E-state index in [1.807, 2.05) is 25.2 Å². The van der Waals surface area contributed by atoms with Crippen molar-refractivity contribution in [2.45, 2.75) is 13.5 Å². The van der Waals surface area contributed by atoms with E-state index in [1.165, 1.54) is 0 Å². The fraction of sp³-hybridized carbons (Fsp3) is 0.357. The molecule has 0 atom stereocenters. The average Bonchev–Trinajstić information content (AvgIpc) is 2.36. The number of aliphatic carboxylic acids is 1. The zero-order valence-corrected chi connectivity index (χ0v) is 11.0. The Labute approximate surface area is 107 Å². The molecule has 4 heteroatoms. The zero-order chi connectivity index (χ0) is 13.5. The number of carboxylic acid groups (broad SMARTS) is 1. The third kappa shape index (κ3) is 4.22. The van der Waals surface area contributed by atoms with Gasteiger partial charge in [-0.05, 0) is 42.9 Å². The van der Waals surface area contributed by atoms with Crippen LogP contribution in [0, 0.1) is 0 Å². The third-order valence-electron chi connectivity index (χ3n) is 2.74. The van der Waals surface area contributed by atoms with Crippen LogP contribution in [0.5, 0.6) is 5.75 Å². The van der Waals surface area contributed by atoms with Crippen molar-refractivity contribution in [2.24, 2.45) is 0 Å². The minimum atomic E-state index is -0.944. The van der Waals surface area contributed by atoms with Gasteiger partial charge in [0.05, 0.1) is 7.11 Å². The van der Waals surface area contributed by atoms with Crippen LogP contribution in [0.15, 0.2) is 24.3 Å². The number of carboxylic acids is 1. The molecular formula is C14H19NO3. The predicted octanol–water partition coefficient (Wildman–Crippen LogP) is 2.24. The van der Waals surface area contributed by atoms with Crippen molar-refractivity contribution in [1.29, 1.82) is 0 Å². The lowest BCUT2D eigenvalue weighted by molar-refractivity contribution is -0.131. The summed E-state index contributed by atoms with van der Waals surface area (Å²) in [5.41, 5.74) is 1.95. The summed E-state index contributed by atoms with van der Waals surface area (Å²) in [5, 5.41) is 8.67. The van der Waals surface area contributed by atoms with E-state index >= 15 is 0 Å². The molecule has 0 saturated carbocycles. The monoisotopic (exact) mass is 249 g/mol. The molecule has 0 aliphatic heterocycles. The van der Waals surface area contributed by atoms with Gasteiger partial charge in [-0.1, -0.05) is 13.0 Å². The van der Waals surface area contributed by atoms with Crippen LogP contribution in [0.25, 0.3) is 6.08 Å². The van der Waals surface area contributed by atoms with Crippen molar-refractivity contribution in [3.63, 3.8) is 0 Å². The molecule has 1 rings (SSSR count). The van der Waals surface area contributed by atoms with Crippen molar-refractivity contribution in [1.82, 2.24) is 4.90 Å². The Morgan fingerprint density at radius 2 is 2.22 bits per heavy atom. The van der Waals surface area contributed by atoms with E-state index in [2.05, 4.69) is 11.8 Å². The summed E-state index contributed by atoms with van der Waals surface area (Å²) in [7, 11) is 3.64. The maximum Gasteiger partial charge on any atom is 0.328 e. The lowest BCUT2D eigenvalue weighted by Gasteiger charge is -2.16. The highest BCUT2D eigenvalue weighted by Gasteiger charge is 2.05. The molecule has 0 saturated heterocycles. The number of methoxy groups -OCH3 is 1. The van der Waals surface area contributed by atoms with Crippen LogP contribution in [-0.2, 0) is 11.3 Å². The summed E-state index contributed by atoms with van der Waals surface area (Å²) in [6.07, 6.45) is 2.76. The molecule has 0 bridgehead atoms. The maximum absolute atomic E-state index is 10.6. The van der Waals surface area contributed by atoms with Gasteiger partial charge in [0.15, 0.2) is 0 Å². The lowest BCUT2D eigenvalue weighted by atomic mass is 10.1. The van der Waals surface area contributed by atoms with Crippen LogP contribution in [0.2, 0.25) is 0 Å². The summed E-state index contributed by atoms with van der Waals surface area (Å²) in [6.45, 7) is 3.76. The molecular weight excluding hydrogens is 230 g/mol. The Kier molecular flexibility index (Phi) is 5.39. The predicted molar refractivity (Wildman–Crippen MR) is 71.7 cm³/mol. The largest absolute Gasteiger partial charge is 0.497 e. The van der Waals surface area contributed by atoms with Crippen LogP contribution in [0.3, 0.4) is 0 Å². The van der Waals surface area contributed by atoms with Crippen molar-refractivity contribution in [3.8, 4) is 5.75 Å². The number of hydrogen-bond acceptors (Lipinski definition) is 3. The van der Waals surface area contributed by atoms with Gasteiger partial charge in [-0.3, -0.25) is 0 Å². The summed E-state index contributed by atoms with van der Waals surface area (Å²) in [5.74, 6) is -0.164. The van der Waals surface area contributed by atoms with Gasteiger partial charge < -0.3 is 14.7 Å². The van der Waals surface area contributed by atoms with Crippen molar-refractivity contribution in [2.75, 3.05) is 20.7 Å². The number of carbonyl (C=O) groups is 1. The maximum atomic E-state index is 10.6. The van der Waals surface area contributed by atoms with Gasteiger partial charge in [-0.2, -0.15) is 0 Å². The molecule has 18 heavy (non-hydrogen) atoms. The number of benzene rings is 1. The smallest absolute Gasteiger partial charge is 0.328 e. The summed E-state index contributed by atoms with van der Waals surface area (Å²) < 4.78 is 5.19. The Balaban J connectivity index is 3.03. The van der Waals surface area contributed by atoms with Crippen LogP contribution < -0.4 is 4.74 Å². The van der Waals surface area contributed by atoms with Crippen LogP contribution in [-0.4, -0.2) is 36.7 Å². The molecule has 1 aromatic carbocycles. The molecule has 4 nitrogen and oxygen atoms in total. The molecule has 1 N–H and O–H groups in total. The van der Waals surface area contributed by atoms with E-state index in [9.17, 15) is 4.79 Å². The molecule has 0 spiro atoms. The second kappa shape index (κ2) is 6.81. The van der Waals surface area contributed by atoms with E-state index in [4.69, 9.17) is 9.84 Å². The minimum absolute atomic E-state index is 0.757. The molecule has 0 heterocycles. The number of ether oxygens (including phenoxy) is 1. The van der Waals surface area contributed by atoms with Crippen molar-refractivity contribution in [3.05, 3.63) is 35.4 Å². The highest BCUT2D eigenvalue weighted by Crippen LogP contribution is 2.20. The highest BCUT2D eigenvalue weighted by atomic mass is 16.5. The first-order chi connectivity index (χ1) is 8.56.